The van der Waals surface area contributed by atoms with E-state index in [9.17, 15) is 4.79 Å². The molecule has 0 saturated carbocycles. The van der Waals surface area contributed by atoms with E-state index in [4.69, 9.17) is 0 Å². The molecule has 0 aliphatic carbocycles. The first kappa shape index (κ1) is 23.7. The standard InChI is InChI=1S/C19H38O2.CH4/c1-3-4-5-6-7-8-9-10-11-12-13-14-15-16-17-18-19(20)21-2;/h3-18H2,1-2H3;1H4. The molecule has 2 nitrogen and oxygen atoms in total. The van der Waals surface area contributed by atoms with Crippen LogP contribution in [0.3, 0.4) is 0 Å². The molecule has 0 unspecified atom stereocenters. The molecule has 0 aromatic heterocycles. The van der Waals surface area contributed by atoms with Crippen LogP contribution in [0.15, 0.2) is 0 Å². The zero-order valence-electron chi connectivity index (χ0n) is 14.6. The minimum atomic E-state index is -0.0651. The number of unbranched alkanes of at least 4 members (excludes halogenated alkanes) is 14. The van der Waals surface area contributed by atoms with E-state index in [-0.39, 0.29) is 13.4 Å². The summed E-state index contributed by atoms with van der Waals surface area (Å²) >= 11 is 0. The maximum absolute atomic E-state index is 10.9. The molecule has 0 aliphatic rings. The normalized spacial score (nSPS) is 10.3. The number of methoxy groups -OCH3 is 1. The highest BCUT2D eigenvalue weighted by atomic mass is 16.5. The molecule has 22 heavy (non-hydrogen) atoms. The number of rotatable bonds is 16. The molecule has 2 heteroatoms. The van der Waals surface area contributed by atoms with Crippen molar-refractivity contribution in [3.05, 3.63) is 0 Å². The number of ether oxygens (including phenoxy) is 1. The molecule has 0 saturated heterocycles. The molecule has 0 amide bonds. The lowest BCUT2D eigenvalue weighted by Gasteiger charge is -2.03. The number of hydrogen-bond acceptors (Lipinski definition) is 2. The second-order valence-electron chi connectivity index (χ2n) is 6.28. The van der Waals surface area contributed by atoms with Gasteiger partial charge in [0.2, 0.25) is 0 Å². The summed E-state index contributed by atoms with van der Waals surface area (Å²) in [4.78, 5) is 10.9. The van der Waals surface area contributed by atoms with Gasteiger partial charge in [-0.1, -0.05) is 104 Å². The summed E-state index contributed by atoms with van der Waals surface area (Å²) in [6.45, 7) is 2.28. The molecule has 0 aromatic carbocycles. The van der Waals surface area contributed by atoms with E-state index < -0.39 is 0 Å². The van der Waals surface area contributed by atoms with Crippen LogP contribution in [0, 0.1) is 0 Å². The Bertz CT molecular complexity index is 214. The Kier molecular flexibility index (Phi) is 22.1. The Balaban J connectivity index is 0. The molecule has 0 spiro atoms. The van der Waals surface area contributed by atoms with Crippen molar-refractivity contribution in [3.63, 3.8) is 0 Å². The van der Waals surface area contributed by atoms with Crippen LogP contribution < -0.4 is 0 Å². The molecule has 0 aliphatic heterocycles. The van der Waals surface area contributed by atoms with Crippen LogP contribution in [0.1, 0.15) is 117 Å². The van der Waals surface area contributed by atoms with Crippen molar-refractivity contribution in [1.29, 1.82) is 0 Å². The van der Waals surface area contributed by atoms with Crippen molar-refractivity contribution in [3.8, 4) is 0 Å². The second-order valence-corrected chi connectivity index (χ2v) is 6.28. The lowest BCUT2D eigenvalue weighted by atomic mass is 10.0. The monoisotopic (exact) mass is 314 g/mol. The highest BCUT2D eigenvalue weighted by Crippen LogP contribution is 2.13. The SMILES string of the molecule is C.CCCCCCCCCCCCCCCCCC(=O)OC. The average Bonchev–Trinajstić information content (AvgIpc) is 2.50. The maximum Gasteiger partial charge on any atom is 0.305 e. The van der Waals surface area contributed by atoms with Gasteiger partial charge in [-0.05, 0) is 6.42 Å². The van der Waals surface area contributed by atoms with Gasteiger partial charge in [0.15, 0.2) is 0 Å². The number of carbonyl (C=O) groups excluding carboxylic acids is 1. The topological polar surface area (TPSA) is 26.3 Å². The number of esters is 1. The highest BCUT2D eigenvalue weighted by molar-refractivity contribution is 5.68. The Morgan fingerprint density at radius 2 is 0.955 bits per heavy atom. The van der Waals surface area contributed by atoms with Gasteiger partial charge in [0, 0.05) is 6.42 Å². The fourth-order valence-corrected chi connectivity index (χ4v) is 2.74. The summed E-state index contributed by atoms with van der Waals surface area (Å²) in [5.74, 6) is -0.0651. The Morgan fingerprint density at radius 1 is 0.636 bits per heavy atom. The van der Waals surface area contributed by atoms with E-state index in [2.05, 4.69) is 11.7 Å². The van der Waals surface area contributed by atoms with Crippen LogP contribution in [0.2, 0.25) is 0 Å². The van der Waals surface area contributed by atoms with E-state index in [1.165, 1.54) is 97.0 Å². The fourth-order valence-electron chi connectivity index (χ4n) is 2.74. The third-order valence-corrected chi connectivity index (χ3v) is 4.21. The molecule has 0 rings (SSSR count). The van der Waals surface area contributed by atoms with Crippen LogP contribution in [-0.2, 0) is 9.53 Å². The smallest absolute Gasteiger partial charge is 0.305 e. The van der Waals surface area contributed by atoms with Gasteiger partial charge >= 0.3 is 5.97 Å². The summed E-state index contributed by atoms with van der Waals surface area (Å²) in [5.41, 5.74) is 0. The lowest BCUT2D eigenvalue weighted by Crippen LogP contribution is -1.99. The van der Waals surface area contributed by atoms with Crippen LogP contribution >= 0.6 is 0 Å². The van der Waals surface area contributed by atoms with Gasteiger partial charge in [-0.2, -0.15) is 0 Å². The fraction of sp³-hybridized carbons (Fsp3) is 0.950. The third kappa shape index (κ3) is 19.5. The molecule has 0 bridgehead atoms. The molecule has 134 valence electrons. The molecular weight excluding hydrogens is 272 g/mol. The van der Waals surface area contributed by atoms with Gasteiger partial charge in [-0.3, -0.25) is 4.79 Å². The zero-order chi connectivity index (χ0) is 15.6. The van der Waals surface area contributed by atoms with Gasteiger partial charge in [0.25, 0.3) is 0 Å². The van der Waals surface area contributed by atoms with Crippen LogP contribution in [-0.4, -0.2) is 13.1 Å². The van der Waals surface area contributed by atoms with Crippen molar-refractivity contribution in [2.24, 2.45) is 0 Å². The van der Waals surface area contributed by atoms with Crippen molar-refractivity contribution in [2.45, 2.75) is 117 Å². The summed E-state index contributed by atoms with van der Waals surface area (Å²) in [6.07, 6.45) is 20.9. The number of carbonyl (C=O) groups is 1. The summed E-state index contributed by atoms with van der Waals surface area (Å²) < 4.78 is 4.63. The Labute approximate surface area is 140 Å². The van der Waals surface area contributed by atoms with Crippen LogP contribution in [0.4, 0.5) is 0 Å². The molecule has 0 N–H and O–H groups in total. The van der Waals surface area contributed by atoms with Crippen molar-refractivity contribution < 1.29 is 9.53 Å². The van der Waals surface area contributed by atoms with Gasteiger partial charge in [0.1, 0.15) is 0 Å². The second kappa shape index (κ2) is 20.5. The largest absolute Gasteiger partial charge is 0.469 e. The first-order valence-electron chi connectivity index (χ1n) is 9.38. The van der Waals surface area contributed by atoms with Crippen molar-refractivity contribution in [2.75, 3.05) is 7.11 Å². The van der Waals surface area contributed by atoms with Gasteiger partial charge < -0.3 is 4.74 Å². The zero-order valence-corrected chi connectivity index (χ0v) is 14.6. The Hall–Kier alpha value is -0.530. The third-order valence-electron chi connectivity index (χ3n) is 4.21. The molecule has 0 radical (unpaired) electrons. The first-order chi connectivity index (χ1) is 10.3. The van der Waals surface area contributed by atoms with Crippen molar-refractivity contribution in [1.82, 2.24) is 0 Å². The van der Waals surface area contributed by atoms with Gasteiger partial charge in [-0.15, -0.1) is 0 Å². The van der Waals surface area contributed by atoms with Crippen LogP contribution in [0.5, 0.6) is 0 Å². The Morgan fingerprint density at radius 3 is 1.27 bits per heavy atom. The summed E-state index contributed by atoms with van der Waals surface area (Å²) in [6, 6.07) is 0. The van der Waals surface area contributed by atoms with E-state index in [1.807, 2.05) is 0 Å². The minimum absolute atomic E-state index is 0. The molecule has 0 aromatic rings. The summed E-state index contributed by atoms with van der Waals surface area (Å²) in [5, 5.41) is 0. The predicted octanol–water partition coefficient (Wildman–Crippen LogP) is 7.06. The molecule has 0 heterocycles. The quantitative estimate of drug-likeness (QED) is 0.225. The van der Waals surface area contributed by atoms with Crippen LogP contribution in [0.25, 0.3) is 0 Å². The highest BCUT2D eigenvalue weighted by Gasteiger charge is 1.99. The first-order valence-corrected chi connectivity index (χ1v) is 9.38. The van der Waals surface area contributed by atoms with E-state index in [0.29, 0.717) is 6.42 Å². The summed E-state index contributed by atoms with van der Waals surface area (Å²) in [7, 11) is 1.47. The predicted molar refractivity (Wildman–Crippen MR) is 98.3 cm³/mol. The van der Waals surface area contributed by atoms with Gasteiger partial charge in [0.05, 0.1) is 7.11 Å². The van der Waals surface area contributed by atoms with E-state index in [0.717, 1.165) is 6.42 Å². The van der Waals surface area contributed by atoms with Gasteiger partial charge in [-0.25, -0.2) is 0 Å². The van der Waals surface area contributed by atoms with E-state index >= 15 is 0 Å². The molecule has 0 atom stereocenters. The minimum Gasteiger partial charge on any atom is -0.469 e. The number of hydrogen-bond donors (Lipinski definition) is 0. The lowest BCUT2D eigenvalue weighted by molar-refractivity contribution is -0.140. The maximum atomic E-state index is 10.9. The van der Waals surface area contributed by atoms with E-state index in [1.54, 1.807) is 0 Å². The van der Waals surface area contributed by atoms with Crippen molar-refractivity contribution >= 4 is 5.97 Å². The average molecular weight is 315 g/mol. The molecule has 0 fully saturated rings. The molecular formula is C20H42O2.